The minimum absolute atomic E-state index is 0.0406. The number of halogens is 3. The van der Waals surface area contributed by atoms with Crippen molar-refractivity contribution in [1.29, 1.82) is 0 Å². The average molecular weight is 1330 g/mol. The Hall–Kier alpha value is -12.4. The van der Waals surface area contributed by atoms with Crippen molar-refractivity contribution in [2.45, 2.75) is 16.0 Å². The van der Waals surface area contributed by atoms with Crippen LogP contribution in [0.5, 0.6) is 0 Å². The van der Waals surface area contributed by atoms with Crippen LogP contribution in [-0.2, 0) is 6.18 Å². The molecular weight excluding hydrogens is 1270 g/mol. The Labute approximate surface area is 596 Å². The lowest BCUT2D eigenvalue weighted by Gasteiger charge is -2.46. The molecule has 0 atom stereocenters. The number of fused-ring (bicyclic) bond motifs is 8. The molecule has 11 heteroatoms. The Balaban J connectivity index is 0.925. The monoisotopic (exact) mass is 1330 g/mol. The fraction of sp³-hybridized carbons (Fsp3) is 0.0110. The van der Waals surface area contributed by atoms with E-state index in [1.165, 1.54) is 11.5 Å². The molecule has 4 aliphatic heterocycles. The highest BCUT2D eigenvalue weighted by Gasteiger charge is 2.49. The third-order valence-corrected chi connectivity index (χ3v) is 21.5. The fourth-order valence-corrected chi connectivity index (χ4v) is 17.3. The number of hydrogen-bond acceptors (Lipinski definition) is 6. The molecule has 15 aromatic rings. The van der Waals surface area contributed by atoms with Crippen molar-refractivity contribution in [3.63, 3.8) is 0 Å². The minimum Gasteiger partial charge on any atom is -0.311 e. The summed E-state index contributed by atoms with van der Waals surface area (Å²) in [4.78, 5) is 13.4. The van der Waals surface area contributed by atoms with Crippen LogP contribution in [0.3, 0.4) is 0 Å². The molecule has 15 aromatic carbocycles. The van der Waals surface area contributed by atoms with E-state index in [0.717, 1.165) is 128 Å². The molecule has 0 N–H and O–H groups in total. The molecule has 0 saturated carbocycles. The number of hydrogen-bond donors (Lipinski definition) is 0. The third-order valence-electron chi connectivity index (χ3n) is 20.4. The van der Waals surface area contributed by atoms with E-state index in [-0.39, 0.29) is 12.4 Å². The molecule has 4 aliphatic rings. The van der Waals surface area contributed by atoms with Gasteiger partial charge >= 0.3 is 6.18 Å². The van der Waals surface area contributed by atoms with E-state index in [9.17, 15) is 0 Å². The minimum atomic E-state index is -4.81. The molecule has 482 valence electrons. The molecule has 0 amide bonds. The van der Waals surface area contributed by atoms with E-state index in [1.807, 2.05) is 71.6 Å². The summed E-state index contributed by atoms with van der Waals surface area (Å²) in [5, 5.41) is 0. The van der Waals surface area contributed by atoms with E-state index < -0.39 is 18.5 Å². The molecule has 4 heterocycles. The molecular formula is C91H60B2F3N5S. The van der Waals surface area contributed by atoms with E-state index in [2.05, 4.69) is 305 Å². The number of alkyl halides is 3. The van der Waals surface area contributed by atoms with Crippen molar-refractivity contribution in [1.82, 2.24) is 0 Å². The largest absolute Gasteiger partial charge is 0.418 e. The van der Waals surface area contributed by atoms with Gasteiger partial charge in [-0.1, -0.05) is 260 Å². The molecule has 102 heavy (non-hydrogen) atoms. The van der Waals surface area contributed by atoms with Crippen LogP contribution in [0.4, 0.5) is 98.5 Å². The summed E-state index contributed by atoms with van der Waals surface area (Å²) in [5.41, 5.74) is 23.4. The van der Waals surface area contributed by atoms with Crippen molar-refractivity contribution < 1.29 is 13.2 Å². The van der Waals surface area contributed by atoms with E-state index >= 15 is 13.2 Å². The smallest absolute Gasteiger partial charge is 0.311 e. The molecule has 0 radical (unpaired) electrons. The SMILES string of the molecule is FC(F)(F)c1cccc(-c2ccccc2)c1N1c2cc3c(cc2B2c4ccccc4N(c4ccccc4)c4cc(N(c5ccc(-c6ccccc6)cc5)c5cccc(-c6ccccc6)c5)cc1c42)B1c2ccccc2N(c2ccccc2)c2cc(N(c4ccccc4)c4ccccc4)cc(c21)S3. The van der Waals surface area contributed by atoms with Gasteiger partial charge in [0.15, 0.2) is 0 Å². The lowest BCUT2D eigenvalue weighted by molar-refractivity contribution is -0.137. The average Bonchev–Trinajstić information content (AvgIpc) is 0.686. The molecule has 0 spiro atoms. The number of anilines is 15. The molecule has 19 rings (SSSR count). The van der Waals surface area contributed by atoms with Gasteiger partial charge in [-0.3, -0.25) is 0 Å². The summed E-state index contributed by atoms with van der Waals surface area (Å²) < 4.78 is 51.3. The summed E-state index contributed by atoms with van der Waals surface area (Å²) in [5.74, 6) is 0. The zero-order valence-corrected chi connectivity index (χ0v) is 55.9. The molecule has 0 fully saturated rings. The van der Waals surface area contributed by atoms with Gasteiger partial charge in [0.25, 0.3) is 6.71 Å². The maximum Gasteiger partial charge on any atom is 0.418 e. The second-order valence-corrected chi connectivity index (χ2v) is 27.3. The Morgan fingerprint density at radius 1 is 0.265 bits per heavy atom. The fourth-order valence-electron chi connectivity index (χ4n) is 16.1. The summed E-state index contributed by atoms with van der Waals surface area (Å²) in [6.45, 7) is -0.774. The number of nitrogens with zero attached hydrogens (tertiary/aromatic N) is 5. The van der Waals surface area contributed by atoms with E-state index in [0.29, 0.717) is 22.5 Å². The molecule has 0 unspecified atom stereocenters. The van der Waals surface area contributed by atoms with Gasteiger partial charge in [-0.05, 0) is 176 Å². The Bertz CT molecular complexity index is 5660. The van der Waals surface area contributed by atoms with Crippen LogP contribution >= 0.6 is 11.8 Å². The topological polar surface area (TPSA) is 16.2 Å². The van der Waals surface area contributed by atoms with Gasteiger partial charge in [-0.15, -0.1) is 0 Å². The van der Waals surface area contributed by atoms with Gasteiger partial charge in [-0.25, -0.2) is 0 Å². The predicted molar refractivity (Wildman–Crippen MR) is 421 cm³/mol. The van der Waals surface area contributed by atoms with E-state index in [4.69, 9.17) is 0 Å². The first-order chi connectivity index (χ1) is 50.3. The van der Waals surface area contributed by atoms with Gasteiger partial charge in [0.05, 0.1) is 16.9 Å². The summed E-state index contributed by atoms with van der Waals surface area (Å²) >= 11 is 1.70. The lowest BCUT2D eigenvalue weighted by atomic mass is 9.31. The van der Waals surface area contributed by atoms with Crippen LogP contribution < -0.4 is 57.3 Å². The van der Waals surface area contributed by atoms with Crippen molar-refractivity contribution in [2.75, 3.05) is 24.5 Å². The standard InChI is InChI=1S/C91H60B2F3N5S/c94-91(95,96)75-45-27-44-74(64-32-12-3-13-33-64)90(75)101-82-60-86-79(93-77-47-23-25-49-81(77)100(69-41-20-7-21-42-69)85-57-73(58-87(102-86)89(85)93)97(66-35-14-4-15-36-66)67-37-16-5-17-38-67)59-78(82)92-76-46-22-24-48-80(76)99(68-39-18-6-19-40-68)83-55-72(56-84(101)88(83)92)98(70-52-50-63(51-53-70)61-28-8-1-9-29-61)71-43-26-34-65(54-71)62-30-10-2-11-31-62/h1-60H. The Morgan fingerprint density at radius 2 is 0.686 bits per heavy atom. The Morgan fingerprint density at radius 3 is 1.25 bits per heavy atom. The molecule has 0 bridgehead atoms. The van der Waals surface area contributed by atoms with Gasteiger partial charge < -0.3 is 24.5 Å². The number of para-hydroxylation sites is 7. The molecule has 0 aromatic heterocycles. The second kappa shape index (κ2) is 24.8. The van der Waals surface area contributed by atoms with Crippen LogP contribution in [0.25, 0.3) is 33.4 Å². The lowest BCUT2D eigenvalue weighted by Crippen LogP contribution is -2.64. The summed E-state index contributed by atoms with van der Waals surface area (Å²) in [7, 11) is 0. The first kappa shape index (κ1) is 60.7. The number of rotatable bonds is 12. The first-order valence-corrected chi connectivity index (χ1v) is 35.3. The van der Waals surface area contributed by atoms with Gasteiger partial charge in [-0.2, -0.15) is 13.2 Å². The van der Waals surface area contributed by atoms with E-state index in [1.54, 1.807) is 17.8 Å². The zero-order chi connectivity index (χ0) is 68.0. The molecule has 5 nitrogen and oxygen atoms in total. The van der Waals surface area contributed by atoms with Crippen LogP contribution in [0.2, 0.25) is 0 Å². The van der Waals surface area contributed by atoms with Gasteiger partial charge in [0.1, 0.15) is 0 Å². The predicted octanol–water partition coefficient (Wildman–Crippen LogP) is 21.5. The zero-order valence-electron chi connectivity index (χ0n) is 55.1. The van der Waals surface area contributed by atoms with Crippen molar-refractivity contribution in [3.05, 3.63) is 370 Å². The van der Waals surface area contributed by atoms with Crippen LogP contribution in [0, 0.1) is 0 Å². The maximum atomic E-state index is 17.1. The summed E-state index contributed by atoms with van der Waals surface area (Å²) in [6, 6.07) is 125. The van der Waals surface area contributed by atoms with Crippen LogP contribution in [0.1, 0.15) is 5.56 Å². The highest BCUT2D eigenvalue weighted by Crippen LogP contribution is 2.55. The van der Waals surface area contributed by atoms with Crippen LogP contribution in [0.15, 0.2) is 374 Å². The highest BCUT2D eigenvalue weighted by molar-refractivity contribution is 8.00. The summed E-state index contributed by atoms with van der Waals surface area (Å²) in [6.07, 6.45) is -4.81. The second-order valence-electron chi connectivity index (χ2n) is 26.2. The first-order valence-electron chi connectivity index (χ1n) is 34.4. The number of benzene rings is 15. The quantitative estimate of drug-likeness (QED) is 0.113. The normalized spacial score (nSPS) is 12.9. The van der Waals surface area contributed by atoms with Gasteiger partial charge in [0, 0.05) is 89.3 Å². The Kier molecular flexibility index (Phi) is 14.7. The van der Waals surface area contributed by atoms with Crippen LogP contribution in [-0.4, -0.2) is 13.4 Å². The third kappa shape index (κ3) is 10.2. The van der Waals surface area contributed by atoms with Gasteiger partial charge in [0.2, 0.25) is 6.71 Å². The van der Waals surface area contributed by atoms with Crippen molar-refractivity contribution >= 4 is 143 Å². The molecule has 0 aliphatic carbocycles. The maximum absolute atomic E-state index is 17.1. The highest BCUT2D eigenvalue weighted by atomic mass is 32.2. The van der Waals surface area contributed by atoms with Crippen molar-refractivity contribution in [2.24, 2.45) is 0 Å². The molecule has 0 saturated heterocycles. The van der Waals surface area contributed by atoms with Crippen molar-refractivity contribution in [3.8, 4) is 33.4 Å².